The number of piperazine rings is 1. The molecule has 1 aromatic heterocycles. The number of rotatable bonds is 8. The Balaban J connectivity index is 1.03. The number of nitrogens with zero attached hydrogens (tertiary/aromatic N) is 3. The third kappa shape index (κ3) is 6.19. The highest BCUT2D eigenvalue weighted by Crippen LogP contribution is 2.29. The van der Waals surface area contributed by atoms with Gasteiger partial charge in [0.15, 0.2) is 0 Å². The second-order valence-electron chi connectivity index (χ2n) is 9.62. The highest BCUT2D eigenvalue weighted by atomic mass is 32.1. The van der Waals surface area contributed by atoms with Crippen molar-refractivity contribution in [3.8, 4) is 5.75 Å². The second kappa shape index (κ2) is 11.0. The molecule has 3 aromatic rings. The van der Waals surface area contributed by atoms with E-state index in [4.69, 9.17) is 4.74 Å². The largest absolute Gasteiger partial charge is 0.491 e. The maximum Gasteiger partial charge on any atom is 0.234 e. The average molecular weight is 495 g/mol. The minimum absolute atomic E-state index is 0.0980. The molecule has 1 aliphatic carbocycles. The number of carbonyl (C=O) groups excluding carboxylic acids is 1. The molecule has 2 N–H and O–H groups in total. The number of ether oxygens (including phenoxy) is 1. The Labute approximate surface area is 210 Å². The van der Waals surface area contributed by atoms with E-state index in [2.05, 4.69) is 44.4 Å². The summed E-state index contributed by atoms with van der Waals surface area (Å²) < 4.78 is 6.97. The van der Waals surface area contributed by atoms with Gasteiger partial charge in [0.2, 0.25) is 5.91 Å². The Hall–Kier alpha value is -2.52. The number of aliphatic hydroxyl groups excluding tert-OH is 1. The van der Waals surface area contributed by atoms with Crippen LogP contribution in [0.1, 0.15) is 35.0 Å². The van der Waals surface area contributed by atoms with Crippen LogP contribution in [0.25, 0.3) is 10.2 Å². The first-order valence-electron chi connectivity index (χ1n) is 12.5. The zero-order valence-electron chi connectivity index (χ0n) is 20.3. The quantitative estimate of drug-likeness (QED) is 0.501. The van der Waals surface area contributed by atoms with E-state index >= 15 is 0 Å². The first-order valence-corrected chi connectivity index (χ1v) is 13.3. The van der Waals surface area contributed by atoms with Crippen molar-refractivity contribution in [3.05, 3.63) is 58.6 Å². The van der Waals surface area contributed by atoms with Crippen molar-refractivity contribution in [2.75, 3.05) is 45.9 Å². The predicted octanol–water partition coefficient (Wildman–Crippen LogP) is 3.16. The summed E-state index contributed by atoms with van der Waals surface area (Å²) in [7, 11) is 0. The number of hydrogen-bond acceptors (Lipinski definition) is 7. The molecule has 0 unspecified atom stereocenters. The lowest BCUT2D eigenvalue weighted by atomic mass is 9.88. The normalized spacial score (nSPS) is 19.9. The van der Waals surface area contributed by atoms with Gasteiger partial charge < -0.3 is 15.2 Å². The second-order valence-corrected chi connectivity index (χ2v) is 10.8. The van der Waals surface area contributed by atoms with E-state index in [0.717, 1.165) is 66.4 Å². The molecule has 0 spiro atoms. The molecule has 0 saturated carbocycles. The summed E-state index contributed by atoms with van der Waals surface area (Å²) in [5.74, 6) is 0.833. The molecule has 8 heteroatoms. The van der Waals surface area contributed by atoms with E-state index in [1.165, 1.54) is 11.1 Å². The summed E-state index contributed by atoms with van der Waals surface area (Å²) >= 11 is 1.67. The first-order chi connectivity index (χ1) is 17.0. The number of β-amino-alcohol motifs (C(OH)–C–C–N with tert-alkyl or cyclic N) is 1. The fraction of sp³-hybridized carbons (Fsp3) is 0.481. The van der Waals surface area contributed by atoms with Crippen LogP contribution in [0.4, 0.5) is 0 Å². The van der Waals surface area contributed by atoms with Crippen molar-refractivity contribution in [3.63, 3.8) is 0 Å². The zero-order valence-corrected chi connectivity index (χ0v) is 21.1. The van der Waals surface area contributed by atoms with Crippen LogP contribution < -0.4 is 10.1 Å². The minimum atomic E-state index is -0.566. The van der Waals surface area contributed by atoms with Crippen molar-refractivity contribution >= 4 is 27.5 Å². The van der Waals surface area contributed by atoms with Gasteiger partial charge in [0.05, 0.1) is 27.8 Å². The van der Waals surface area contributed by atoms with Crippen LogP contribution >= 0.6 is 11.3 Å². The van der Waals surface area contributed by atoms with Crippen molar-refractivity contribution in [2.24, 2.45) is 0 Å². The van der Waals surface area contributed by atoms with Crippen LogP contribution in [0.5, 0.6) is 5.75 Å². The lowest BCUT2D eigenvalue weighted by Crippen LogP contribution is -2.51. The van der Waals surface area contributed by atoms with Crippen molar-refractivity contribution in [1.82, 2.24) is 20.1 Å². The molecule has 186 valence electrons. The Bertz CT molecular complexity index is 1160. The number of fused-ring (bicyclic) bond motifs is 2. The van der Waals surface area contributed by atoms with Gasteiger partial charge in [-0.25, -0.2) is 4.98 Å². The summed E-state index contributed by atoms with van der Waals surface area (Å²) in [5.41, 5.74) is 3.57. The fourth-order valence-corrected chi connectivity index (χ4v) is 5.94. The van der Waals surface area contributed by atoms with E-state index in [9.17, 15) is 9.90 Å². The minimum Gasteiger partial charge on any atom is -0.491 e. The van der Waals surface area contributed by atoms with Gasteiger partial charge in [-0.05, 0) is 49.4 Å². The molecule has 7 nitrogen and oxygen atoms in total. The predicted molar refractivity (Wildman–Crippen MR) is 139 cm³/mol. The number of hydrogen-bond donors (Lipinski definition) is 2. The van der Waals surface area contributed by atoms with Gasteiger partial charge in [0, 0.05) is 38.8 Å². The molecule has 1 saturated heterocycles. The molecule has 0 bridgehead atoms. The zero-order chi connectivity index (χ0) is 24.2. The lowest BCUT2D eigenvalue weighted by molar-refractivity contribution is -0.123. The molecule has 2 heterocycles. The molecular formula is C27H34N4O3S. The lowest BCUT2D eigenvalue weighted by Gasteiger charge is -2.35. The third-order valence-corrected chi connectivity index (χ3v) is 7.87. The maximum atomic E-state index is 12.7. The first kappa shape index (κ1) is 24.2. The van der Waals surface area contributed by atoms with Crippen LogP contribution in [-0.4, -0.2) is 77.8 Å². The van der Waals surface area contributed by atoms with Crippen molar-refractivity contribution < 1.29 is 14.6 Å². The number of aromatic nitrogens is 1. The van der Waals surface area contributed by atoms with Gasteiger partial charge in [0.1, 0.15) is 18.5 Å². The van der Waals surface area contributed by atoms with Gasteiger partial charge in [-0.2, -0.15) is 0 Å². The smallest absolute Gasteiger partial charge is 0.234 e. The standard InChI is InChI=1S/C27H34N4O3S/c1-19-28-25-15-22(9-10-26(25)35-19)34-18-21(32)16-30-11-13-31(14-12-30)17-27(33)29-24-8-4-6-20-5-2-3-7-23(20)24/h2-3,5,7,9-10,15,21,24,32H,4,6,8,11-14,16-18H2,1H3,(H,29,33)/t21-,24-/m1/s1. The van der Waals surface area contributed by atoms with E-state index in [-0.39, 0.29) is 18.6 Å². The summed E-state index contributed by atoms with van der Waals surface area (Å²) in [6.45, 7) is 6.55. The van der Waals surface area contributed by atoms with E-state index < -0.39 is 6.10 Å². The SMILES string of the molecule is Cc1nc2cc(OC[C@H](O)CN3CCN(CC(=O)N[C@@H]4CCCc5ccccc54)CC3)ccc2s1. The number of benzene rings is 2. The summed E-state index contributed by atoms with van der Waals surface area (Å²) in [6.07, 6.45) is 2.66. The van der Waals surface area contributed by atoms with Gasteiger partial charge in [0.25, 0.3) is 0 Å². The Morgan fingerprint density at radius 2 is 2.00 bits per heavy atom. The van der Waals surface area contributed by atoms with Gasteiger partial charge in [-0.1, -0.05) is 24.3 Å². The van der Waals surface area contributed by atoms with Crippen LogP contribution in [0, 0.1) is 6.92 Å². The van der Waals surface area contributed by atoms with Gasteiger partial charge in [-0.15, -0.1) is 11.3 Å². The molecule has 1 aliphatic heterocycles. The highest BCUT2D eigenvalue weighted by molar-refractivity contribution is 7.18. The molecule has 5 rings (SSSR count). The van der Waals surface area contributed by atoms with E-state index in [1.807, 2.05) is 25.1 Å². The monoisotopic (exact) mass is 494 g/mol. The number of thiazole rings is 1. The number of amides is 1. The molecule has 1 fully saturated rings. The fourth-order valence-electron chi connectivity index (χ4n) is 5.13. The third-order valence-electron chi connectivity index (χ3n) is 6.91. The Morgan fingerprint density at radius 3 is 2.86 bits per heavy atom. The van der Waals surface area contributed by atoms with Crippen LogP contribution in [0.3, 0.4) is 0 Å². The number of aryl methyl sites for hydroxylation is 2. The van der Waals surface area contributed by atoms with Crippen LogP contribution in [0.2, 0.25) is 0 Å². The Morgan fingerprint density at radius 1 is 1.20 bits per heavy atom. The average Bonchev–Trinajstić information content (AvgIpc) is 3.23. The van der Waals surface area contributed by atoms with Gasteiger partial charge in [-0.3, -0.25) is 14.6 Å². The maximum absolute atomic E-state index is 12.7. The van der Waals surface area contributed by atoms with E-state index in [0.29, 0.717) is 13.1 Å². The number of carbonyl (C=O) groups is 1. The number of nitrogens with one attached hydrogen (secondary N) is 1. The molecular weight excluding hydrogens is 460 g/mol. The molecule has 1 amide bonds. The molecule has 2 aromatic carbocycles. The topological polar surface area (TPSA) is 77.9 Å². The summed E-state index contributed by atoms with van der Waals surface area (Å²) in [5, 5.41) is 14.8. The number of aliphatic hydroxyl groups is 1. The molecule has 2 aliphatic rings. The van der Waals surface area contributed by atoms with Crippen LogP contribution in [0.15, 0.2) is 42.5 Å². The van der Waals surface area contributed by atoms with E-state index in [1.54, 1.807) is 11.3 Å². The summed E-state index contributed by atoms with van der Waals surface area (Å²) in [6, 6.07) is 14.5. The van der Waals surface area contributed by atoms with Crippen molar-refractivity contribution in [2.45, 2.75) is 38.3 Å². The van der Waals surface area contributed by atoms with Crippen LogP contribution in [-0.2, 0) is 11.2 Å². The Kier molecular flexibility index (Phi) is 7.63. The molecule has 0 radical (unpaired) electrons. The summed E-state index contributed by atoms with van der Waals surface area (Å²) in [4.78, 5) is 21.7. The molecule has 35 heavy (non-hydrogen) atoms. The molecule has 2 atom stereocenters. The van der Waals surface area contributed by atoms with Crippen molar-refractivity contribution in [1.29, 1.82) is 0 Å². The highest BCUT2D eigenvalue weighted by Gasteiger charge is 2.24. The van der Waals surface area contributed by atoms with Gasteiger partial charge >= 0.3 is 0 Å².